The zero-order chi connectivity index (χ0) is 14.7. The average molecular weight is 313 g/mol. The highest BCUT2D eigenvalue weighted by atomic mass is 35.5. The van der Waals surface area contributed by atoms with Gasteiger partial charge in [-0.3, -0.25) is 9.59 Å². The van der Waals surface area contributed by atoms with Crippen LogP contribution in [0.5, 0.6) is 0 Å². The third kappa shape index (κ3) is 3.05. The Bertz CT molecular complexity index is 666. The van der Waals surface area contributed by atoms with Gasteiger partial charge in [-0.25, -0.2) is 4.39 Å². The summed E-state index contributed by atoms with van der Waals surface area (Å²) < 4.78 is 17.9. The third-order valence-corrected chi connectivity index (χ3v) is 4.10. The van der Waals surface area contributed by atoms with Crippen LogP contribution >= 0.6 is 22.9 Å². The van der Waals surface area contributed by atoms with Crippen LogP contribution in [0.25, 0.3) is 0 Å². The van der Waals surface area contributed by atoms with Crippen molar-refractivity contribution in [2.75, 3.05) is 7.11 Å². The van der Waals surface area contributed by atoms with Crippen LogP contribution in [0, 0.1) is 5.82 Å². The number of thiophene rings is 1. The highest BCUT2D eigenvalue weighted by molar-refractivity contribution is 7.14. The molecule has 0 fully saturated rings. The van der Waals surface area contributed by atoms with Crippen LogP contribution in [-0.4, -0.2) is 18.9 Å². The summed E-state index contributed by atoms with van der Waals surface area (Å²) in [5, 5.41) is -0.194. The molecule has 0 radical (unpaired) electrons. The molecular formula is C14H10ClFO3S. The summed E-state index contributed by atoms with van der Waals surface area (Å²) in [6.07, 6.45) is 0.103. The first-order valence-corrected chi connectivity index (χ1v) is 6.86. The van der Waals surface area contributed by atoms with E-state index in [1.54, 1.807) is 12.1 Å². The Labute approximate surface area is 123 Å². The van der Waals surface area contributed by atoms with Crippen LogP contribution in [0.3, 0.4) is 0 Å². The minimum absolute atomic E-state index is 0.103. The molecule has 0 bridgehead atoms. The Balaban J connectivity index is 2.26. The maximum absolute atomic E-state index is 13.3. The van der Waals surface area contributed by atoms with Crippen molar-refractivity contribution < 1.29 is 18.7 Å². The lowest BCUT2D eigenvalue weighted by Gasteiger charge is -2.02. The fraction of sp³-hybridized carbons (Fsp3) is 0.143. The number of esters is 1. The number of ketones is 1. The van der Waals surface area contributed by atoms with E-state index in [4.69, 9.17) is 11.6 Å². The van der Waals surface area contributed by atoms with Crippen LogP contribution in [0.2, 0.25) is 5.02 Å². The van der Waals surface area contributed by atoms with E-state index in [-0.39, 0.29) is 28.8 Å². The van der Waals surface area contributed by atoms with Gasteiger partial charge in [-0.2, -0.15) is 0 Å². The molecule has 0 amide bonds. The van der Waals surface area contributed by atoms with E-state index in [0.717, 1.165) is 11.3 Å². The zero-order valence-corrected chi connectivity index (χ0v) is 12.1. The quantitative estimate of drug-likeness (QED) is 0.641. The molecule has 1 aromatic heterocycles. The number of hydrogen-bond donors (Lipinski definition) is 0. The number of benzene rings is 1. The van der Waals surface area contributed by atoms with E-state index in [9.17, 15) is 14.0 Å². The summed E-state index contributed by atoms with van der Waals surface area (Å²) in [4.78, 5) is 24.5. The van der Waals surface area contributed by atoms with E-state index in [0.29, 0.717) is 9.75 Å². The lowest BCUT2D eigenvalue weighted by molar-refractivity contribution is -0.139. The predicted octanol–water partition coefficient (Wildman–Crippen LogP) is 3.49. The number of rotatable bonds is 4. The molecule has 6 heteroatoms. The standard InChI is InChI=1S/C14H10ClFO3S/c1-19-12(17)7-8-5-6-11(20-8)14(18)9-3-2-4-10(16)13(9)15/h2-6H,7H2,1H3. The number of carbonyl (C=O) groups excluding carboxylic acids is 2. The van der Waals surface area contributed by atoms with Gasteiger partial charge in [-0.1, -0.05) is 17.7 Å². The summed E-state index contributed by atoms with van der Waals surface area (Å²) >= 11 is 6.95. The highest BCUT2D eigenvalue weighted by Crippen LogP contribution is 2.26. The molecule has 0 N–H and O–H groups in total. The van der Waals surface area contributed by atoms with Crippen molar-refractivity contribution in [1.82, 2.24) is 0 Å². The van der Waals surface area contributed by atoms with Crippen LogP contribution in [-0.2, 0) is 16.0 Å². The number of halogens is 2. The maximum atomic E-state index is 13.3. The van der Waals surface area contributed by atoms with E-state index in [2.05, 4.69) is 4.74 Å². The van der Waals surface area contributed by atoms with Gasteiger partial charge in [0.05, 0.1) is 23.4 Å². The Morgan fingerprint density at radius 3 is 2.75 bits per heavy atom. The smallest absolute Gasteiger partial charge is 0.310 e. The van der Waals surface area contributed by atoms with Crippen LogP contribution in [0.4, 0.5) is 4.39 Å². The van der Waals surface area contributed by atoms with Gasteiger partial charge in [0.2, 0.25) is 5.78 Å². The molecule has 0 saturated heterocycles. The van der Waals surface area contributed by atoms with Crippen LogP contribution in [0.1, 0.15) is 20.1 Å². The first-order valence-electron chi connectivity index (χ1n) is 5.67. The van der Waals surface area contributed by atoms with Crippen molar-refractivity contribution in [1.29, 1.82) is 0 Å². The molecular weight excluding hydrogens is 303 g/mol. The second-order valence-corrected chi connectivity index (χ2v) is 5.50. The molecule has 2 aromatic rings. The first kappa shape index (κ1) is 14.7. The molecule has 0 unspecified atom stereocenters. The number of ether oxygens (including phenoxy) is 1. The fourth-order valence-electron chi connectivity index (χ4n) is 1.62. The second kappa shape index (κ2) is 6.15. The Morgan fingerprint density at radius 1 is 1.30 bits per heavy atom. The summed E-state index contributed by atoms with van der Waals surface area (Å²) in [6.45, 7) is 0. The molecule has 0 aliphatic rings. The Morgan fingerprint density at radius 2 is 2.05 bits per heavy atom. The van der Waals surface area contributed by atoms with Crippen molar-refractivity contribution in [2.45, 2.75) is 6.42 Å². The number of hydrogen-bond acceptors (Lipinski definition) is 4. The lowest BCUT2D eigenvalue weighted by atomic mass is 10.1. The van der Waals surface area contributed by atoms with E-state index in [1.807, 2.05) is 0 Å². The minimum Gasteiger partial charge on any atom is -0.469 e. The molecule has 104 valence electrons. The molecule has 0 aliphatic carbocycles. The summed E-state index contributed by atoms with van der Waals surface area (Å²) in [6, 6.07) is 7.34. The summed E-state index contributed by atoms with van der Waals surface area (Å²) in [5.74, 6) is -1.38. The predicted molar refractivity (Wildman–Crippen MR) is 74.9 cm³/mol. The van der Waals surface area contributed by atoms with Crippen LogP contribution in [0.15, 0.2) is 30.3 Å². The Kier molecular flexibility index (Phi) is 4.52. The normalized spacial score (nSPS) is 10.3. The van der Waals surface area contributed by atoms with E-state index in [1.165, 1.54) is 25.3 Å². The van der Waals surface area contributed by atoms with Crippen molar-refractivity contribution in [2.24, 2.45) is 0 Å². The molecule has 0 aliphatic heterocycles. The average Bonchev–Trinajstić information content (AvgIpc) is 2.89. The largest absolute Gasteiger partial charge is 0.469 e. The van der Waals surface area contributed by atoms with E-state index < -0.39 is 5.82 Å². The minimum atomic E-state index is -0.635. The van der Waals surface area contributed by atoms with Crippen LogP contribution < -0.4 is 0 Å². The van der Waals surface area contributed by atoms with Crippen molar-refractivity contribution in [3.63, 3.8) is 0 Å². The molecule has 0 saturated carbocycles. The van der Waals surface area contributed by atoms with Gasteiger partial charge in [-0.05, 0) is 24.3 Å². The van der Waals surface area contributed by atoms with Gasteiger partial charge < -0.3 is 4.74 Å². The Hall–Kier alpha value is -1.72. The topological polar surface area (TPSA) is 43.4 Å². The van der Waals surface area contributed by atoms with Crippen molar-refractivity contribution in [3.05, 3.63) is 56.5 Å². The molecule has 20 heavy (non-hydrogen) atoms. The monoisotopic (exact) mass is 312 g/mol. The van der Waals surface area contributed by atoms with Crippen molar-refractivity contribution >= 4 is 34.7 Å². The molecule has 0 spiro atoms. The van der Waals surface area contributed by atoms with E-state index >= 15 is 0 Å². The summed E-state index contributed by atoms with van der Waals surface area (Å²) in [7, 11) is 1.30. The van der Waals surface area contributed by atoms with Gasteiger partial charge in [0.15, 0.2) is 0 Å². The van der Waals surface area contributed by atoms with Gasteiger partial charge in [0.25, 0.3) is 0 Å². The number of methoxy groups -OCH3 is 1. The van der Waals surface area contributed by atoms with Gasteiger partial charge in [-0.15, -0.1) is 11.3 Å². The molecule has 3 nitrogen and oxygen atoms in total. The molecule has 2 rings (SSSR count). The molecule has 1 heterocycles. The van der Waals surface area contributed by atoms with Gasteiger partial charge in [0, 0.05) is 10.4 Å². The van der Waals surface area contributed by atoms with Crippen molar-refractivity contribution in [3.8, 4) is 0 Å². The SMILES string of the molecule is COC(=O)Cc1ccc(C(=O)c2cccc(F)c2Cl)s1. The second-order valence-electron chi connectivity index (χ2n) is 3.95. The highest BCUT2D eigenvalue weighted by Gasteiger charge is 2.17. The summed E-state index contributed by atoms with van der Waals surface area (Å²) in [5.41, 5.74) is 0.109. The van der Waals surface area contributed by atoms with Gasteiger partial charge in [0.1, 0.15) is 5.82 Å². The zero-order valence-electron chi connectivity index (χ0n) is 10.5. The molecule has 0 atom stereocenters. The lowest BCUT2D eigenvalue weighted by Crippen LogP contribution is -2.03. The molecule has 1 aromatic carbocycles. The fourth-order valence-corrected chi connectivity index (χ4v) is 2.78. The maximum Gasteiger partial charge on any atom is 0.310 e. The van der Waals surface area contributed by atoms with Gasteiger partial charge >= 0.3 is 5.97 Å². The first-order chi connectivity index (χ1) is 9.52. The third-order valence-electron chi connectivity index (χ3n) is 2.63. The number of carbonyl (C=O) groups is 2.